The van der Waals surface area contributed by atoms with Crippen molar-refractivity contribution in [3.63, 3.8) is 0 Å². The van der Waals surface area contributed by atoms with Gasteiger partial charge in [0.05, 0.1) is 18.5 Å². The highest BCUT2D eigenvalue weighted by molar-refractivity contribution is 6.16. The molecule has 0 fully saturated rings. The molecule has 1 unspecified atom stereocenters. The smallest absolute Gasteiger partial charge is 0.146 e. The Morgan fingerprint density at radius 3 is 2.83 bits per heavy atom. The predicted octanol–water partition coefficient (Wildman–Crippen LogP) is 3.83. The maximum atomic E-state index is 6.00. The zero-order valence-electron chi connectivity index (χ0n) is 11.1. The van der Waals surface area contributed by atoms with Crippen LogP contribution in [0.25, 0.3) is 11.0 Å². The van der Waals surface area contributed by atoms with E-state index in [4.69, 9.17) is 16.3 Å². The number of rotatable bonds is 5. The van der Waals surface area contributed by atoms with Crippen molar-refractivity contribution in [3.8, 4) is 5.75 Å². The molecule has 2 aromatic rings. The Bertz CT molecular complexity index is 536. The number of alkyl halides is 1. The van der Waals surface area contributed by atoms with E-state index in [-0.39, 0.29) is 0 Å². The number of fused-ring (bicyclic) bond motifs is 1. The third-order valence-corrected chi connectivity index (χ3v) is 3.59. The van der Waals surface area contributed by atoms with Crippen LogP contribution in [0.4, 0.5) is 0 Å². The number of aromatic nitrogens is 2. The molecule has 0 N–H and O–H groups in total. The van der Waals surface area contributed by atoms with Gasteiger partial charge in [-0.3, -0.25) is 0 Å². The van der Waals surface area contributed by atoms with Gasteiger partial charge in [0.1, 0.15) is 17.1 Å². The van der Waals surface area contributed by atoms with Crippen molar-refractivity contribution in [2.24, 2.45) is 5.92 Å². The monoisotopic (exact) mass is 266 g/mol. The van der Waals surface area contributed by atoms with E-state index in [9.17, 15) is 0 Å². The van der Waals surface area contributed by atoms with Gasteiger partial charge >= 0.3 is 0 Å². The van der Waals surface area contributed by atoms with Gasteiger partial charge in [-0.15, -0.1) is 11.6 Å². The highest BCUT2D eigenvalue weighted by atomic mass is 35.5. The number of benzene rings is 1. The Labute approximate surface area is 113 Å². The second kappa shape index (κ2) is 5.61. The molecule has 3 nitrogen and oxygen atoms in total. The number of hydrogen-bond acceptors (Lipinski definition) is 2. The van der Waals surface area contributed by atoms with Crippen molar-refractivity contribution in [1.29, 1.82) is 0 Å². The Kier molecular flexibility index (Phi) is 4.12. The molecule has 0 saturated carbocycles. The van der Waals surface area contributed by atoms with Gasteiger partial charge in [0, 0.05) is 6.54 Å². The Hall–Kier alpha value is -1.22. The van der Waals surface area contributed by atoms with E-state index in [2.05, 4.69) is 29.5 Å². The highest BCUT2D eigenvalue weighted by Gasteiger charge is 2.14. The Balaban J connectivity index is 2.55. The van der Waals surface area contributed by atoms with E-state index in [1.165, 1.54) is 0 Å². The summed E-state index contributed by atoms with van der Waals surface area (Å²) in [6.07, 6.45) is 1.14. The molecule has 0 bridgehead atoms. The van der Waals surface area contributed by atoms with Gasteiger partial charge in [0.15, 0.2) is 0 Å². The molecule has 0 aliphatic carbocycles. The quantitative estimate of drug-likeness (QED) is 0.769. The van der Waals surface area contributed by atoms with Crippen LogP contribution >= 0.6 is 11.6 Å². The first-order chi connectivity index (χ1) is 8.71. The lowest BCUT2D eigenvalue weighted by Crippen LogP contribution is -2.09. The van der Waals surface area contributed by atoms with E-state index in [1.807, 2.05) is 12.1 Å². The maximum Gasteiger partial charge on any atom is 0.146 e. The standard InChI is InChI=1S/C14H19ClN2O/c1-4-10(2)9-17-11-6-5-7-12(18-3)14(11)16-13(17)8-15/h5-7,10H,4,8-9H2,1-3H3. The van der Waals surface area contributed by atoms with Crippen LogP contribution in [0.3, 0.4) is 0 Å². The number of nitrogens with zero attached hydrogens (tertiary/aromatic N) is 2. The van der Waals surface area contributed by atoms with Crippen molar-refractivity contribution in [2.75, 3.05) is 7.11 Å². The number of ether oxygens (including phenoxy) is 1. The van der Waals surface area contributed by atoms with Crippen LogP contribution < -0.4 is 4.74 Å². The van der Waals surface area contributed by atoms with Crippen LogP contribution in [0.1, 0.15) is 26.1 Å². The summed E-state index contributed by atoms with van der Waals surface area (Å²) in [4.78, 5) is 4.60. The average Bonchev–Trinajstić information content (AvgIpc) is 2.76. The topological polar surface area (TPSA) is 27.1 Å². The molecular weight excluding hydrogens is 248 g/mol. The Morgan fingerprint density at radius 2 is 2.22 bits per heavy atom. The fraction of sp³-hybridized carbons (Fsp3) is 0.500. The first-order valence-electron chi connectivity index (χ1n) is 6.29. The summed E-state index contributed by atoms with van der Waals surface area (Å²) in [5.41, 5.74) is 2.00. The van der Waals surface area contributed by atoms with Crippen molar-refractivity contribution in [3.05, 3.63) is 24.0 Å². The van der Waals surface area contributed by atoms with Crippen LogP contribution in [0.15, 0.2) is 18.2 Å². The third-order valence-electron chi connectivity index (χ3n) is 3.35. The van der Waals surface area contributed by atoms with Crippen molar-refractivity contribution < 1.29 is 4.74 Å². The maximum absolute atomic E-state index is 6.00. The lowest BCUT2D eigenvalue weighted by Gasteiger charge is -2.12. The number of imidazole rings is 1. The average molecular weight is 267 g/mol. The highest BCUT2D eigenvalue weighted by Crippen LogP contribution is 2.27. The molecular formula is C14H19ClN2O. The number of para-hydroxylation sites is 1. The molecule has 98 valence electrons. The number of hydrogen-bond donors (Lipinski definition) is 0. The van der Waals surface area contributed by atoms with Crippen molar-refractivity contribution >= 4 is 22.6 Å². The lowest BCUT2D eigenvalue weighted by molar-refractivity contribution is 0.419. The molecule has 1 heterocycles. The fourth-order valence-corrected chi connectivity index (χ4v) is 2.28. The number of halogens is 1. The summed E-state index contributed by atoms with van der Waals surface area (Å²) in [5.74, 6) is 2.75. The molecule has 1 atom stereocenters. The summed E-state index contributed by atoms with van der Waals surface area (Å²) in [6.45, 7) is 5.39. The molecule has 0 aliphatic heterocycles. The molecule has 0 amide bonds. The first kappa shape index (κ1) is 13.2. The van der Waals surface area contributed by atoms with Crippen molar-refractivity contribution in [1.82, 2.24) is 9.55 Å². The zero-order chi connectivity index (χ0) is 13.1. The molecule has 1 aromatic heterocycles. The van der Waals surface area contributed by atoms with Gasteiger partial charge in [-0.2, -0.15) is 0 Å². The minimum absolute atomic E-state index is 0.425. The number of methoxy groups -OCH3 is 1. The van der Waals surface area contributed by atoms with Gasteiger partial charge in [0.25, 0.3) is 0 Å². The molecule has 4 heteroatoms. The van der Waals surface area contributed by atoms with Crippen LogP contribution in [0.5, 0.6) is 5.75 Å². The minimum atomic E-state index is 0.425. The minimum Gasteiger partial charge on any atom is -0.494 e. The van der Waals surface area contributed by atoms with Gasteiger partial charge in [-0.25, -0.2) is 4.98 Å². The molecule has 2 rings (SSSR count). The van der Waals surface area contributed by atoms with Crippen molar-refractivity contribution in [2.45, 2.75) is 32.7 Å². The second-order valence-corrected chi connectivity index (χ2v) is 4.88. The SMILES string of the molecule is CCC(C)Cn1c(CCl)nc2c(OC)cccc21. The molecule has 0 spiro atoms. The summed E-state index contributed by atoms with van der Waals surface area (Å²) in [7, 11) is 1.67. The molecule has 18 heavy (non-hydrogen) atoms. The zero-order valence-corrected chi connectivity index (χ0v) is 11.9. The predicted molar refractivity (Wildman–Crippen MR) is 75.3 cm³/mol. The van der Waals surface area contributed by atoms with E-state index in [0.717, 1.165) is 35.6 Å². The van der Waals surface area contributed by atoms with Gasteiger partial charge in [-0.1, -0.05) is 26.3 Å². The van der Waals surface area contributed by atoms with E-state index in [0.29, 0.717) is 11.8 Å². The Morgan fingerprint density at radius 1 is 1.44 bits per heavy atom. The van der Waals surface area contributed by atoms with Gasteiger partial charge in [-0.05, 0) is 18.1 Å². The van der Waals surface area contributed by atoms with Crippen LogP contribution in [-0.2, 0) is 12.4 Å². The van der Waals surface area contributed by atoms with E-state index >= 15 is 0 Å². The summed E-state index contributed by atoms with van der Waals surface area (Å²) >= 11 is 6.00. The van der Waals surface area contributed by atoms with E-state index in [1.54, 1.807) is 7.11 Å². The summed E-state index contributed by atoms with van der Waals surface area (Å²) in [6, 6.07) is 6.00. The lowest BCUT2D eigenvalue weighted by atomic mass is 10.1. The molecule has 1 aromatic carbocycles. The largest absolute Gasteiger partial charge is 0.494 e. The summed E-state index contributed by atoms with van der Waals surface area (Å²) < 4.78 is 7.56. The fourth-order valence-electron chi connectivity index (χ4n) is 2.08. The van der Waals surface area contributed by atoms with E-state index < -0.39 is 0 Å². The van der Waals surface area contributed by atoms with Crippen LogP contribution in [-0.4, -0.2) is 16.7 Å². The second-order valence-electron chi connectivity index (χ2n) is 4.61. The normalized spacial score (nSPS) is 12.9. The third kappa shape index (κ3) is 2.32. The molecule has 0 aliphatic rings. The van der Waals surface area contributed by atoms with Crippen LogP contribution in [0.2, 0.25) is 0 Å². The summed E-state index contributed by atoms with van der Waals surface area (Å²) in [5, 5.41) is 0. The molecule has 0 radical (unpaired) electrons. The van der Waals surface area contributed by atoms with Gasteiger partial charge < -0.3 is 9.30 Å². The molecule has 0 saturated heterocycles. The van der Waals surface area contributed by atoms with Gasteiger partial charge in [0.2, 0.25) is 0 Å². The van der Waals surface area contributed by atoms with Crippen LogP contribution in [0, 0.1) is 5.92 Å². The first-order valence-corrected chi connectivity index (χ1v) is 6.82.